The number of benzene rings is 2. The smallest absolute Gasteiger partial charge is 0.255 e. The van der Waals surface area contributed by atoms with E-state index in [0.717, 1.165) is 24.3 Å². The quantitative estimate of drug-likeness (QED) is 0.610. The number of aromatic nitrogens is 1. The number of piperazine rings is 1. The number of hydrogen-bond donors (Lipinski definition) is 0. The van der Waals surface area contributed by atoms with E-state index < -0.39 is 0 Å². The molecule has 5 nitrogen and oxygen atoms in total. The monoisotopic (exact) mass is 441 g/mol. The SMILES string of the molecule is O=C(c1ccc(=O)n(Cc2ccccc2Cl)c1)N1CCN(c2cccc(Cl)c2)CC1. The van der Waals surface area contributed by atoms with Gasteiger partial charge in [-0.3, -0.25) is 9.59 Å². The molecule has 0 saturated carbocycles. The first-order valence-electron chi connectivity index (χ1n) is 9.75. The molecule has 1 aromatic heterocycles. The molecule has 0 radical (unpaired) electrons. The van der Waals surface area contributed by atoms with E-state index in [4.69, 9.17) is 23.2 Å². The van der Waals surface area contributed by atoms with Crippen LogP contribution in [0.5, 0.6) is 0 Å². The zero-order valence-electron chi connectivity index (χ0n) is 16.3. The topological polar surface area (TPSA) is 45.6 Å². The Bertz CT molecular complexity index is 1120. The Morgan fingerprint density at radius 2 is 1.67 bits per heavy atom. The minimum absolute atomic E-state index is 0.0753. The molecule has 1 aliphatic heterocycles. The number of anilines is 1. The van der Waals surface area contributed by atoms with Crippen molar-refractivity contribution in [2.75, 3.05) is 31.1 Å². The molecule has 0 bridgehead atoms. The number of pyridine rings is 1. The summed E-state index contributed by atoms with van der Waals surface area (Å²) in [5.74, 6) is -0.0753. The molecule has 0 atom stereocenters. The Balaban J connectivity index is 1.46. The third-order valence-electron chi connectivity index (χ3n) is 5.27. The summed E-state index contributed by atoms with van der Waals surface area (Å²) in [7, 11) is 0. The van der Waals surface area contributed by atoms with E-state index >= 15 is 0 Å². The molecule has 2 heterocycles. The van der Waals surface area contributed by atoms with Crippen molar-refractivity contribution < 1.29 is 4.79 Å². The largest absolute Gasteiger partial charge is 0.368 e. The molecule has 7 heteroatoms. The maximum absolute atomic E-state index is 13.0. The lowest BCUT2D eigenvalue weighted by atomic mass is 10.2. The molecular weight excluding hydrogens is 421 g/mol. The highest BCUT2D eigenvalue weighted by Crippen LogP contribution is 2.21. The molecule has 154 valence electrons. The summed E-state index contributed by atoms with van der Waals surface area (Å²) in [6.07, 6.45) is 1.62. The van der Waals surface area contributed by atoms with E-state index in [0.29, 0.717) is 35.2 Å². The second-order valence-electron chi connectivity index (χ2n) is 7.23. The average Bonchev–Trinajstić information content (AvgIpc) is 2.76. The maximum Gasteiger partial charge on any atom is 0.255 e. The van der Waals surface area contributed by atoms with Crippen molar-refractivity contribution in [1.29, 1.82) is 0 Å². The third-order valence-corrected chi connectivity index (χ3v) is 5.87. The molecule has 0 spiro atoms. The van der Waals surface area contributed by atoms with Gasteiger partial charge in [-0.25, -0.2) is 0 Å². The second-order valence-corrected chi connectivity index (χ2v) is 8.08. The Morgan fingerprint density at radius 1 is 0.900 bits per heavy atom. The van der Waals surface area contributed by atoms with Crippen molar-refractivity contribution in [3.05, 3.63) is 98.4 Å². The van der Waals surface area contributed by atoms with Gasteiger partial charge in [0.25, 0.3) is 11.5 Å². The molecule has 1 aliphatic rings. The van der Waals surface area contributed by atoms with Gasteiger partial charge in [-0.15, -0.1) is 0 Å². The molecule has 2 aromatic carbocycles. The van der Waals surface area contributed by atoms with Crippen LogP contribution in [0, 0.1) is 0 Å². The summed E-state index contributed by atoms with van der Waals surface area (Å²) >= 11 is 12.3. The van der Waals surface area contributed by atoms with Gasteiger partial charge in [-0.2, -0.15) is 0 Å². The molecule has 0 N–H and O–H groups in total. The lowest BCUT2D eigenvalue weighted by Crippen LogP contribution is -2.49. The van der Waals surface area contributed by atoms with Crippen LogP contribution in [0.1, 0.15) is 15.9 Å². The number of carbonyl (C=O) groups is 1. The molecule has 1 fully saturated rings. The number of nitrogens with zero attached hydrogens (tertiary/aromatic N) is 3. The van der Waals surface area contributed by atoms with E-state index in [1.54, 1.807) is 18.3 Å². The molecule has 4 rings (SSSR count). The Kier molecular flexibility index (Phi) is 6.11. The van der Waals surface area contributed by atoms with Crippen molar-refractivity contribution in [3.63, 3.8) is 0 Å². The molecule has 0 unspecified atom stereocenters. The van der Waals surface area contributed by atoms with Crippen LogP contribution in [0.4, 0.5) is 5.69 Å². The Morgan fingerprint density at radius 3 is 2.40 bits per heavy atom. The highest BCUT2D eigenvalue weighted by Gasteiger charge is 2.23. The summed E-state index contributed by atoms with van der Waals surface area (Å²) in [6.45, 7) is 2.99. The van der Waals surface area contributed by atoms with E-state index in [9.17, 15) is 9.59 Å². The van der Waals surface area contributed by atoms with Crippen LogP contribution >= 0.6 is 23.2 Å². The zero-order valence-corrected chi connectivity index (χ0v) is 17.8. The Hall–Kier alpha value is -2.76. The number of halogens is 2. The molecule has 1 amide bonds. The summed E-state index contributed by atoms with van der Waals surface area (Å²) in [4.78, 5) is 29.4. The van der Waals surface area contributed by atoms with Gasteiger partial charge < -0.3 is 14.4 Å². The summed E-state index contributed by atoms with van der Waals surface area (Å²) in [5.41, 5.74) is 2.22. The molecule has 3 aromatic rings. The first-order chi connectivity index (χ1) is 14.5. The maximum atomic E-state index is 13.0. The lowest BCUT2D eigenvalue weighted by molar-refractivity contribution is 0.0746. The predicted molar refractivity (Wildman–Crippen MR) is 121 cm³/mol. The fraction of sp³-hybridized carbons (Fsp3) is 0.217. The van der Waals surface area contributed by atoms with Gasteiger partial charge in [0.05, 0.1) is 12.1 Å². The van der Waals surface area contributed by atoms with Gasteiger partial charge in [0.2, 0.25) is 0 Å². The van der Waals surface area contributed by atoms with Crippen LogP contribution in [-0.2, 0) is 6.54 Å². The van der Waals surface area contributed by atoms with Crippen LogP contribution in [0.25, 0.3) is 0 Å². The van der Waals surface area contributed by atoms with E-state index in [1.807, 2.05) is 47.4 Å². The van der Waals surface area contributed by atoms with Crippen molar-refractivity contribution in [1.82, 2.24) is 9.47 Å². The average molecular weight is 442 g/mol. The lowest BCUT2D eigenvalue weighted by Gasteiger charge is -2.36. The van der Waals surface area contributed by atoms with Crippen LogP contribution in [0.2, 0.25) is 10.0 Å². The molecule has 0 aliphatic carbocycles. The van der Waals surface area contributed by atoms with E-state index in [2.05, 4.69) is 4.90 Å². The van der Waals surface area contributed by atoms with Crippen molar-refractivity contribution in [3.8, 4) is 0 Å². The van der Waals surface area contributed by atoms with Crippen LogP contribution in [0.3, 0.4) is 0 Å². The Labute approximate surface area is 185 Å². The van der Waals surface area contributed by atoms with Crippen LogP contribution in [0.15, 0.2) is 71.7 Å². The van der Waals surface area contributed by atoms with Crippen LogP contribution in [-0.4, -0.2) is 41.6 Å². The predicted octanol–water partition coefficient (Wildman–Crippen LogP) is 4.17. The normalized spacial score (nSPS) is 14.1. The van der Waals surface area contributed by atoms with Crippen molar-refractivity contribution >= 4 is 34.8 Å². The van der Waals surface area contributed by atoms with Gasteiger partial charge >= 0.3 is 0 Å². The van der Waals surface area contributed by atoms with E-state index in [1.165, 1.54) is 10.6 Å². The standard InChI is InChI=1S/C23H21Cl2N3O2/c24-19-5-3-6-20(14-19)26-10-12-27(13-11-26)23(30)18-8-9-22(29)28(16-18)15-17-4-1-2-7-21(17)25/h1-9,14,16H,10-13,15H2. The minimum Gasteiger partial charge on any atom is -0.368 e. The van der Waals surface area contributed by atoms with Gasteiger partial charge in [0.1, 0.15) is 0 Å². The van der Waals surface area contributed by atoms with Crippen molar-refractivity contribution in [2.24, 2.45) is 0 Å². The summed E-state index contributed by atoms with van der Waals surface area (Å²) in [6, 6.07) is 18.1. The second kappa shape index (κ2) is 8.94. The highest BCUT2D eigenvalue weighted by molar-refractivity contribution is 6.31. The first-order valence-corrected chi connectivity index (χ1v) is 10.5. The highest BCUT2D eigenvalue weighted by atomic mass is 35.5. The van der Waals surface area contributed by atoms with Gasteiger partial charge in [0, 0.05) is 54.2 Å². The number of carbonyl (C=O) groups excluding carboxylic acids is 1. The van der Waals surface area contributed by atoms with Gasteiger partial charge in [-0.1, -0.05) is 47.5 Å². The molecular formula is C23H21Cl2N3O2. The van der Waals surface area contributed by atoms with Gasteiger partial charge in [-0.05, 0) is 35.9 Å². The van der Waals surface area contributed by atoms with Crippen molar-refractivity contribution in [2.45, 2.75) is 6.54 Å². The minimum atomic E-state index is -0.169. The summed E-state index contributed by atoms with van der Waals surface area (Å²) in [5, 5.41) is 1.30. The summed E-state index contributed by atoms with van der Waals surface area (Å²) < 4.78 is 1.52. The van der Waals surface area contributed by atoms with E-state index in [-0.39, 0.29) is 11.5 Å². The number of hydrogen-bond acceptors (Lipinski definition) is 3. The molecule has 30 heavy (non-hydrogen) atoms. The first kappa shape index (κ1) is 20.5. The molecule has 1 saturated heterocycles. The number of rotatable bonds is 4. The van der Waals surface area contributed by atoms with Gasteiger partial charge in [0.15, 0.2) is 0 Å². The zero-order chi connectivity index (χ0) is 21.1. The fourth-order valence-electron chi connectivity index (χ4n) is 3.61. The fourth-order valence-corrected chi connectivity index (χ4v) is 3.99. The number of amides is 1. The van der Waals surface area contributed by atoms with Crippen LogP contribution < -0.4 is 10.5 Å². The third kappa shape index (κ3) is 4.53.